The second-order valence-electron chi connectivity index (χ2n) is 7.61. The fourth-order valence-corrected chi connectivity index (χ4v) is 6.59. The molecule has 1 amide bonds. The van der Waals surface area contributed by atoms with Crippen LogP contribution in [-0.4, -0.2) is 68.2 Å². The molecule has 0 N–H and O–H groups in total. The van der Waals surface area contributed by atoms with E-state index in [-0.39, 0.29) is 35.6 Å². The third-order valence-corrected chi connectivity index (χ3v) is 8.30. The number of amides is 1. The van der Waals surface area contributed by atoms with Gasteiger partial charge in [-0.25, -0.2) is 8.42 Å². The van der Waals surface area contributed by atoms with E-state index in [1.165, 1.54) is 21.2 Å². The Morgan fingerprint density at radius 1 is 1.39 bits per heavy atom. The van der Waals surface area contributed by atoms with Crippen molar-refractivity contribution in [1.82, 2.24) is 24.1 Å². The van der Waals surface area contributed by atoms with E-state index in [1.807, 2.05) is 12.1 Å². The summed E-state index contributed by atoms with van der Waals surface area (Å²) in [6.07, 6.45) is 2.07. The smallest absolute Gasteiger partial charge is 0.263 e. The van der Waals surface area contributed by atoms with Gasteiger partial charge >= 0.3 is 0 Å². The van der Waals surface area contributed by atoms with Crippen LogP contribution in [0.15, 0.2) is 46.9 Å². The van der Waals surface area contributed by atoms with Gasteiger partial charge in [0.15, 0.2) is 15.0 Å². The number of benzene rings is 1. The predicted molar refractivity (Wildman–Crippen MR) is 120 cm³/mol. The largest absolute Gasteiger partial charge is 0.341 e. The zero-order valence-electron chi connectivity index (χ0n) is 17.3. The Bertz CT molecular complexity index is 1340. The molecule has 4 rings (SSSR count). The summed E-state index contributed by atoms with van der Waals surface area (Å²) in [4.78, 5) is 27.4. The van der Waals surface area contributed by atoms with E-state index >= 15 is 0 Å². The minimum atomic E-state index is -3.08. The van der Waals surface area contributed by atoms with E-state index < -0.39 is 15.1 Å². The average Bonchev–Trinajstić information content (AvgIpc) is 3.33. The second kappa shape index (κ2) is 8.12. The molecule has 1 aromatic carbocycles. The highest BCUT2D eigenvalue weighted by atomic mass is 32.2. The van der Waals surface area contributed by atoms with E-state index in [1.54, 1.807) is 36.6 Å². The topological polar surface area (TPSA) is 107 Å². The highest BCUT2D eigenvalue weighted by molar-refractivity contribution is 8.00. The van der Waals surface area contributed by atoms with Gasteiger partial charge < -0.3 is 4.90 Å². The molecule has 1 fully saturated rings. The van der Waals surface area contributed by atoms with Crippen molar-refractivity contribution in [2.24, 2.45) is 0 Å². The Morgan fingerprint density at radius 3 is 2.81 bits per heavy atom. The molecule has 1 aliphatic heterocycles. The fourth-order valence-electron chi connectivity index (χ4n) is 3.86. The van der Waals surface area contributed by atoms with E-state index in [9.17, 15) is 18.0 Å². The average molecular weight is 462 g/mol. The molecule has 0 radical (unpaired) electrons. The molecule has 2 unspecified atom stereocenters. The molecule has 1 aliphatic rings. The van der Waals surface area contributed by atoms with Gasteiger partial charge in [0.2, 0.25) is 11.7 Å². The van der Waals surface area contributed by atoms with Crippen LogP contribution in [0.5, 0.6) is 0 Å². The zero-order valence-corrected chi connectivity index (χ0v) is 18.9. The van der Waals surface area contributed by atoms with Crippen LogP contribution in [0.2, 0.25) is 0 Å². The number of para-hydroxylation sites is 1. The van der Waals surface area contributed by atoms with Gasteiger partial charge in [0.25, 0.3) is 5.56 Å². The number of hydrogen-bond acceptors (Lipinski definition) is 7. The molecule has 9 nitrogen and oxygen atoms in total. The first-order valence-corrected chi connectivity index (χ1v) is 12.5. The predicted octanol–water partition coefficient (Wildman–Crippen LogP) is 1.36. The van der Waals surface area contributed by atoms with E-state index in [0.717, 1.165) is 0 Å². The summed E-state index contributed by atoms with van der Waals surface area (Å²) in [5, 5.41) is 8.94. The van der Waals surface area contributed by atoms with Gasteiger partial charge in [-0.15, -0.1) is 16.8 Å². The van der Waals surface area contributed by atoms with Crippen LogP contribution in [0.4, 0.5) is 0 Å². The number of thioether (sulfide) groups is 1. The van der Waals surface area contributed by atoms with E-state index in [2.05, 4.69) is 16.8 Å². The highest BCUT2D eigenvalue weighted by Gasteiger charge is 2.34. The number of aromatic nitrogens is 4. The van der Waals surface area contributed by atoms with Crippen LogP contribution in [-0.2, 0) is 21.2 Å². The van der Waals surface area contributed by atoms with Gasteiger partial charge in [-0.05, 0) is 25.5 Å². The Hall–Kier alpha value is -2.66. The van der Waals surface area contributed by atoms with Crippen LogP contribution in [0.3, 0.4) is 0 Å². The van der Waals surface area contributed by atoms with Crippen molar-refractivity contribution in [2.75, 3.05) is 18.6 Å². The summed E-state index contributed by atoms with van der Waals surface area (Å²) in [7, 11) is -1.44. The number of carbonyl (C=O) groups excluding carboxylic acids is 1. The number of sulfone groups is 1. The van der Waals surface area contributed by atoms with Crippen LogP contribution in [0.25, 0.3) is 16.7 Å². The number of carbonyl (C=O) groups is 1. The third kappa shape index (κ3) is 3.87. The van der Waals surface area contributed by atoms with Gasteiger partial charge in [-0.1, -0.05) is 30.0 Å². The standard InChI is InChI=1S/C20H23N5O4S2/c1-4-10-24-18(27)15-7-5-6-8-16(15)25-19(24)21-22-20(25)30-13(2)17(26)23(3)14-9-11-31(28,29)12-14/h4-8,13-14H,1,9-12H2,2-3H3. The van der Waals surface area contributed by atoms with Gasteiger partial charge in [0.1, 0.15) is 0 Å². The lowest BCUT2D eigenvalue weighted by Gasteiger charge is -2.26. The minimum Gasteiger partial charge on any atom is -0.341 e. The molecule has 0 saturated carbocycles. The van der Waals surface area contributed by atoms with Crippen molar-refractivity contribution in [3.05, 3.63) is 47.3 Å². The summed E-state index contributed by atoms with van der Waals surface area (Å²) in [6.45, 7) is 5.76. The van der Waals surface area contributed by atoms with E-state index in [4.69, 9.17) is 0 Å². The van der Waals surface area contributed by atoms with Crippen molar-refractivity contribution in [3.8, 4) is 0 Å². The van der Waals surface area contributed by atoms with Crippen LogP contribution < -0.4 is 5.56 Å². The normalized spacial score (nSPS) is 19.0. The maximum absolute atomic E-state index is 13.0. The lowest BCUT2D eigenvalue weighted by Crippen LogP contribution is -2.41. The van der Waals surface area contributed by atoms with Crippen LogP contribution in [0, 0.1) is 0 Å². The van der Waals surface area contributed by atoms with E-state index in [0.29, 0.717) is 28.3 Å². The summed E-state index contributed by atoms with van der Waals surface area (Å²) in [5.74, 6) is 0.311. The third-order valence-electron chi connectivity index (χ3n) is 5.52. The summed E-state index contributed by atoms with van der Waals surface area (Å²) in [6, 6.07) is 6.87. The first kappa shape index (κ1) is 21.6. The molecule has 1 saturated heterocycles. The number of rotatable bonds is 6. The van der Waals surface area contributed by atoms with Crippen molar-refractivity contribution in [1.29, 1.82) is 0 Å². The van der Waals surface area contributed by atoms with Gasteiger partial charge in [-0.3, -0.25) is 18.6 Å². The molecule has 11 heteroatoms. The molecule has 2 atom stereocenters. The number of hydrogen-bond donors (Lipinski definition) is 0. The fraction of sp³-hybridized carbons (Fsp3) is 0.400. The zero-order chi connectivity index (χ0) is 22.3. The number of allylic oxidation sites excluding steroid dienone is 1. The van der Waals surface area contributed by atoms with Crippen molar-refractivity contribution >= 4 is 44.2 Å². The molecular formula is C20H23N5O4S2. The molecule has 31 heavy (non-hydrogen) atoms. The van der Waals surface area contributed by atoms with Gasteiger partial charge in [0.05, 0.1) is 27.7 Å². The van der Waals surface area contributed by atoms with Crippen molar-refractivity contribution in [2.45, 2.75) is 36.3 Å². The lowest BCUT2D eigenvalue weighted by molar-refractivity contribution is -0.130. The number of nitrogens with zero attached hydrogens (tertiary/aromatic N) is 5. The summed E-state index contributed by atoms with van der Waals surface area (Å²) in [5.41, 5.74) is 0.475. The highest BCUT2D eigenvalue weighted by Crippen LogP contribution is 2.27. The van der Waals surface area contributed by atoms with Crippen LogP contribution in [0.1, 0.15) is 13.3 Å². The lowest BCUT2D eigenvalue weighted by atomic mass is 10.2. The Labute approximate surface area is 183 Å². The first-order valence-electron chi connectivity index (χ1n) is 9.85. The summed E-state index contributed by atoms with van der Waals surface area (Å²) < 4.78 is 26.8. The molecule has 0 aliphatic carbocycles. The molecule has 0 bridgehead atoms. The van der Waals surface area contributed by atoms with Crippen molar-refractivity contribution in [3.63, 3.8) is 0 Å². The first-order chi connectivity index (χ1) is 14.7. The molecular weight excluding hydrogens is 438 g/mol. The molecule has 3 heterocycles. The molecule has 0 spiro atoms. The minimum absolute atomic E-state index is 0.00103. The SMILES string of the molecule is C=CCn1c(=O)c2ccccc2n2c(SC(C)C(=O)N(C)C3CCS(=O)(=O)C3)nnc12. The second-order valence-corrected chi connectivity index (χ2v) is 11.1. The Kier molecular flexibility index (Phi) is 5.65. The quantitative estimate of drug-likeness (QED) is 0.403. The summed E-state index contributed by atoms with van der Waals surface area (Å²) >= 11 is 1.23. The molecule has 2 aromatic heterocycles. The Balaban J connectivity index is 1.70. The maximum Gasteiger partial charge on any atom is 0.263 e. The molecule has 164 valence electrons. The maximum atomic E-state index is 13.0. The van der Waals surface area contributed by atoms with Gasteiger partial charge in [-0.2, -0.15) is 0 Å². The number of fused-ring (bicyclic) bond motifs is 3. The molecule has 3 aromatic rings. The monoisotopic (exact) mass is 461 g/mol. The van der Waals surface area contributed by atoms with Gasteiger partial charge in [0, 0.05) is 19.6 Å². The van der Waals surface area contributed by atoms with Crippen LogP contribution >= 0.6 is 11.8 Å². The Morgan fingerprint density at radius 2 is 2.13 bits per heavy atom. The van der Waals surface area contributed by atoms with Crippen molar-refractivity contribution < 1.29 is 13.2 Å².